The SMILES string of the molecule is C[C@H]1COc2ccccc2N1C(=O)c1cnc2ccccn2c1=O. The van der Waals surface area contributed by atoms with E-state index in [9.17, 15) is 9.59 Å². The highest BCUT2D eigenvalue weighted by molar-refractivity contribution is 6.07. The first-order valence-corrected chi connectivity index (χ1v) is 7.68. The van der Waals surface area contributed by atoms with Gasteiger partial charge in [0.15, 0.2) is 0 Å². The minimum absolute atomic E-state index is 0.0438. The first-order valence-electron chi connectivity index (χ1n) is 7.68. The molecule has 0 aliphatic carbocycles. The third-order valence-corrected chi connectivity index (χ3v) is 4.11. The minimum atomic E-state index is -0.373. The lowest BCUT2D eigenvalue weighted by Crippen LogP contribution is -2.46. The number of carbonyl (C=O) groups is 1. The summed E-state index contributed by atoms with van der Waals surface area (Å²) in [5.41, 5.74) is 0.845. The van der Waals surface area contributed by atoms with Crippen LogP contribution in [-0.4, -0.2) is 27.9 Å². The average molecular weight is 321 g/mol. The normalized spacial score (nSPS) is 16.5. The van der Waals surface area contributed by atoms with Crippen LogP contribution in [0.5, 0.6) is 5.75 Å². The average Bonchev–Trinajstić information content (AvgIpc) is 2.62. The quantitative estimate of drug-likeness (QED) is 0.689. The van der Waals surface area contributed by atoms with Crippen molar-refractivity contribution in [2.24, 2.45) is 0 Å². The van der Waals surface area contributed by atoms with Crippen molar-refractivity contribution >= 4 is 17.2 Å². The summed E-state index contributed by atoms with van der Waals surface area (Å²) in [5.74, 6) is 0.270. The maximum atomic E-state index is 13.1. The summed E-state index contributed by atoms with van der Waals surface area (Å²) in [4.78, 5) is 31.6. The Morgan fingerprint density at radius 3 is 2.88 bits per heavy atom. The summed E-state index contributed by atoms with van der Waals surface area (Å²) in [6.45, 7) is 2.27. The van der Waals surface area contributed by atoms with Crippen molar-refractivity contribution in [2.75, 3.05) is 11.5 Å². The van der Waals surface area contributed by atoms with E-state index < -0.39 is 0 Å². The third kappa shape index (κ3) is 2.15. The fourth-order valence-corrected chi connectivity index (χ4v) is 2.91. The summed E-state index contributed by atoms with van der Waals surface area (Å²) in [7, 11) is 0. The van der Waals surface area contributed by atoms with Gasteiger partial charge in [-0.25, -0.2) is 4.98 Å². The molecule has 4 rings (SSSR count). The van der Waals surface area contributed by atoms with Gasteiger partial charge in [0, 0.05) is 12.4 Å². The van der Waals surface area contributed by atoms with E-state index in [1.54, 1.807) is 29.3 Å². The molecule has 1 atom stereocenters. The number of aromatic nitrogens is 2. The Kier molecular flexibility index (Phi) is 3.30. The molecule has 1 aromatic carbocycles. The van der Waals surface area contributed by atoms with Gasteiger partial charge in [0.05, 0.1) is 11.7 Å². The lowest BCUT2D eigenvalue weighted by molar-refractivity contribution is 0.0959. The van der Waals surface area contributed by atoms with E-state index in [1.807, 2.05) is 31.2 Å². The summed E-state index contributed by atoms with van der Waals surface area (Å²) >= 11 is 0. The van der Waals surface area contributed by atoms with E-state index in [-0.39, 0.29) is 23.1 Å². The van der Waals surface area contributed by atoms with Crippen molar-refractivity contribution in [3.8, 4) is 5.75 Å². The number of hydrogen-bond acceptors (Lipinski definition) is 4. The van der Waals surface area contributed by atoms with Crippen LogP contribution in [-0.2, 0) is 0 Å². The van der Waals surface area contributed by atoms with Crippen LogP contribution < -0.4 is 15.2 Å². The maximum absolute atomic E-state index is 13.1. The first-order chi connectivity index (χ1) is 11.7. The molecule has 0 saturated heterocycles. The monoisotopic (exact) mass is 321 g/mol. The van der Waals surface area contributed by atoms with Crippen molar-refractivity contribution in [3.05, 3.63) is 70.8 Å². The van der Waals surface area contributed by atoms with Crippen LogP contribution in [0, 0.1) is 0 Å². The van der Waals surface area contributed by atoms with Gasteiger partial charge in [-0.15, -0.1) is 0 Å². The largest absolute Gasteiger partial charge is 0.489 e. The maximum Gasteiger partial charge on any atom is 0.270 e. The molecule has 0 fully saturated rings. The summed E-state index contributed by atoms with van der Waals surface area (Å²) < 4.78 is 7.04. The first kappa shape index (κ1) is 14.4. The van der Waals surface area contributed by atoms with Gasteiger partial charge >= 0.3 is 0 Å². The van der Waals surface area contributed by atoms with E-state index in [0.717, 1.165) is 0 Å². The third-order valence-electron chi connectivity index (χ3n) is 4.11. The molecule has 120 valence electrons. The summed E-state index contributed by atoms with van der Waals surface area (Å²) in [6, 6.07) is 12.4. The van der Waals surface area contributed by atoms with Crippen LogP contribution in [0.15, 0.2) is 59.7 Å². The van der Waals surface area contributed by atoms with E-state index in [2.05, 4.69) is 4.98 Å². The molecule has 6 heteroatoms. The Balaban J connectivity index is 1.85. The second-order valence-corrected chi connectivity index (χ2v) is 5.71. The minimum Gasteiger partial charge on any atom is -0.489 e. The lowest BCUT2D eigenvalue weighted by atomic mass is 10.1. The molecular weight excluding hydrogens is 306 g/mol. The predicted octanol–water partition coefficient (Wildman–Crippen LogP) is 2.12. The van der Waals surface area contributed by atoms with Crippen LogP contribution in [0.3, 0.4) is 0 Å². The highest BCUT2D eigenvalue weighted by Crippen LogP contribution is 2.34. The van der Waals surface area contributed by atoms with Crippen molar-refractivity contribution in [1.29, 1.82) is 0 Å². The summed E-state index contributed by atoms with van der Waals surface area (Å²) in [6.07, 6.45) is 2.96. The molecule has 6 nitrogen and oxygen atoms in total. The number of pyridine rings is 1. The van der Waals surface area contributed by atoms with Crippen molar-refractivity contribution < 1.29 is 9.53 Å². The second-order valence-electron chi connectivity index (χ2n) is 5.71. The number of amides is 1. The van der Waals surface area contributed by atoms with Crippen LogP contribution in [0.1, 0.15) is 17.3 Å². The topological polar surface area (TPSA) is 63.9 Å². The number of rotatable bonds is 1. The molecule has 3 aromatic rings. The number of ether oxygens (including phenoxy) is 1. The number of carbonyl (C=O) groups excluding carboxylic acids is 1. The number of benzene rings is 1. The highest BCUT2D eigenvalue weighted by Gasteiger charge is 2.31. The number of para-hydroxylation sites is 2. The molecular formula is C18H15N3O3. The lowest BCUT2D eigenvalue weighted by Gasteiger charge is -2.34. The molecule has 24 heavy (non-hydrogen) atoms. The van der Waals surface area contributed by atoms with Crippen molar-refractivity contribution in [1.82, 2.24) is 9.38 Å². The van der Waals surface area contributed by atoms with Crippen LogP contribution >= 0.6 is 0 Å². The van der Waals surface area contributed by atoms with E-state index in [0.29, 0.717) is 23.7 Å². The Morgan fingerprint density at radius 1 is 1.21 bits per heavy atom. The molecule has 0 spiro atoms. The van der Waals surface area contributed by atoms with Crippen LogP contribution in [0.25, 0.3) is 5.65 Å². The molecule has 2 aromatic heterocycles. The number of nitrogens with zero attached hydrogens (tertiary/aromatic N) is 3. The van der Waals surface area contributed by atoms with Gasteiger partial charge in [0.2, 0.25) is 0 Å². The molecule has 0 saturated carbocycles. The summed E-state index contributed by atoms with van der Waals surface area (Å²) in [5, 5.41) is 0. The van der Waals surface area contributed by atoms with Gasteiger partial charge < -0.3 is 4.74 Å². The van der Waals surface area contributed by atoms with Gasteiger partial charge in [0.1, 0.15) is 23.6 Å². The fourth-order valence-electron chi connectivity index (χ4n) is 2.91. The van der Waals surface area contributed by atoms with Crippen LogP contribution in [0.4, 0.5) is 5.69 Å². The van der Waals surface area contributed by atoms with Gasteiger partial charge in [0.25, 0.3) is 11.5 Å². The van der Waals surface area contributed by atoms with Crippen molar-refractivity contribution in [2.45, 2.75) is 13.0 Å². The molecule has 1 aliphatic rings. The van der Waals surface area contributed by atoms with Crippen LogP contribution in [0.2, 0.25) is 0 Å². The van der Waals surface area contributed by atoms with Gasteiger partial charge in [-0.3, -0.25) is 18.9 Å². The van der Waals surface area contributed by atoms with Crippen molar-refractivity contribution in [3.63, 3.8) is 0 Å². The Bertz CT molecular complexity index is 996. The predicted molar refractivity (Wildman–Crippen MR) is 89.7 cm³/mol. The van der Waals surface area contributed by atoms with E-state index >= 15 is 0 Å². The van der Waals surface area contributed by atoms with E-state index in [4.69, 9.17) is 4.74 Å². The smallest absolute Gasteiger partial charge is 0.270 e. The van der Waals surface area contributed by atoms with E-state index in [1.165, 1.54) is 10.6 Å². The van der Waals surface area contributed by atoms with Gasteiger partial charge in [-0.2, -0.15) is 0 Å². The number of anilines is 1. The second kappa shape index (κ2) is 5.49. The fraction of sp³-hybridized carbons (Fsp3) is 0.167. The molecule has 0 unspecified atom stereocenters. The zero-order chi connectivity index (χ0) is 16.7. The number of fused-ring (bicyclic) bond motifs is 2. The Hall–Kier alpha value is -3.15. The highest BCUT2D eigenvalue weighted by atomic mass is 16.5. The molecule has 0 bridgehead atoms. The molecule has 1 aliphatic heterocycles. The zero-order valence-corrected chi connectivity index (χ0v) is 13.0. The molecule has 1 amide bonds. The zero-order valence-electron chi connectivity index (χ0n) is 13.0. The molecule has 0 radical (unpaired) electrons. The molecule has 3 heterocycles. The Labute approximate surface area is 137 Å². The Morgan fingerprint density at radius 2 is 2.00 bits per heavy atom. The standard InChI is InChI=1S/C18H15N3O3/c1-12-11-24-15-7-3-2-6-14(15)21(12)18(23)13-10-19-16-8-4-5-9-20(16)17(13)22/h2-10,12H,11H2,1H3/t12-/m0/s1. The molecule has 0 N–H and O–H groups in total. The number of hydrogen-bond donors (Lipinski definition) is 0. The van der Waals surface area contributed by atoms with Gasteiger partial charge in [-0.05, 0) is 31.2 Å². The van der Waals surface area contributed by atoms with Gasteiger partial charge in [-0.1, -0.05) is 18.2 Å².